The Balaban J connectivity index is 1.64. The van der Waals surface area contributed by atoms with Gasteiger partial charge in [0.25, 0.3) is 5.91 Å². The highest BCUT2D eigenvalue weighted by atomic mass is 32.2. The molecule has 2 aromatic carbocycles. The van der Waals surface area contributed by atoms with Crippen molar-refractivity contribution in [1.82, 2.24) is 9.62 Å². The van der Waals surface area contributed by atoms with E-state index in [0.717, 1.165) is 11.3 Å². The summed E-state index contributed by atoms with van der Waals surface area (Å²) in [6, 6.07) is 12.3. The molecule has 1 aliphatic rings. The van der Waals surface area contributed by atoms with Gasteiger partial charge in [0, 0.05) is 18.7 Å². The van der Waals surface area contributed by atoms with E-state index in [1.54, 1.807) is 13.0 Å². The second kappa shape index (κ2) is 9.39. The van der Waals surface area contributed by atoms with Crippen LogP contribution in [0.1, 0.15) is 21.5 Å². The molecule has 8 heteroatoms. The van der Waals surface area contributed by atoms with Gasteiger partial charge in [0.15, 0.2) is 0 Å². The van der Waals surface area contributed by atoms with Crippen molar-refractivity contribution in [3.63, 3.8) is 0 Å². The number of sulfonamides is 1. The molecule has 0 aromatic heterocycles. The van der Waals surface area contributed by atoms with E-state index in [9.17, 15) is 13.2 Å². The van der Waals surface area contributed by atoms with Crippen molar-refractivity contribution in [3.8, 4) is 5.75 Å². The maximum absolute atomic E-state index is 12.8. The number of para-hydroxylation sites is 1. The number of ether oxygens (including phenoxy) is 2. The highest BCUT2D eigenvalue weighted by Gasteiger charge is 2.27. The average Bonchev–Trinajstić information content (AvgIpc) is 2.73. The zero-order valence-electron chi connectivity index (χ0n) is 16.7. The predicted octanol–water partition coefficient (Wildman–Crippen LogP) is 2.13. The van der Waals surface area contributed by atoms with Gasteiger partial charge in [-0.3, -0.25) is 4.79 Å². The normalized spacial score (nSPS) is 15.1. The quantitative estimate of drug-likeness (QED) is 0.697. The molecule has 1 saturated heterocycles. The van der Waals surface area contributed by atoms with E-state index < -0.39 is 10.0 Å². The molecule has 0 bridgehead atoms. The molecule has 0 unspecified atom stereocenters. The van der Waals surface area contributed by atoms with Crippen LogP contribution in [0.5, 0.6) is 5.75 Å². The lowest BCUT2D eigenvalue weighted by atomic mass is 10.1. The van der Waals surface area contributed by atoms with E-state index in [1.807, 2.05) is 31.2 Å². The van der Waals surface area contributed by atoms with Gasteiger partial charge in [-0.25, -0.2) is 8.42 Å². The molecular weight excluding hydrogens is 392 g/mol. The molecule has 1 heterocycles. The minimum absolute atomic E-state index is 0.117. The zero-order valence-corrected chi connectivity index (χ0v) is 17.5. The lowest BCUT2D eigenvalue weighted by Crippen LogP contribution is -2.40. The minimum Gasteiger partial charge on any atom is -0.491 e. The number of morpholine rings is 1. The molecule has 1 fully saturated rings. The number of benzene rings is 2. The number of carbonyl (C=O) groups excluding carboxylic acids is 1. The third-order valence-corrected chi connectivity index (χ3v) is 6.69. The van der Waals surface area contributed by atoms with Gasteiger partial charge in [0.05, 0.1) is 24.7 Å². The van der Waals surface area contributed by atoms with Crippen LogP contribution < -0.4 is 10.1 Å². The fraction of sp³-hybridized carbons (Fsp3) is 0.381. The molecule has 1 amide bonds. The van der Waals surface area contributed by atoms with Crippen molar-refractivity contribution in [1.29, 1.82) is 0 Å². The molecular formula is C21H26N2O5S. The summed E-state index contributed by atoms with van der Waals surface area (Å²) in [5.41, 5.74) is 2.08. The van der Waals surface area contributed by atoms with Crippen LogP contribution in [0.15, 0.2) is 47.4 Å². The second-order valence-electron chi connectivity index (χ2n) is 6.86. The number of nitrogens with zero attached hydrogens (tertiary/aromatic N) is 1. The smallest absolute Gasteiger partial charge is 0.251 e. The van der Waals surface area contributed by atoms with Crippen LogP contribution in [0.3, 0.4) is 0 Å². The summed E-state index contributed by atoms with van der Waals surface area (Å²) in [6.45, 7) is 5.75. The van der Waals surface area contributed by atoms with Crippen molar-refractivity contribution >= 4 is 15.9 Å². The average molecular weight is 419 g/mol. The number of amides is 1. The summed E-state index contributed by atoms with van der Waals surface area (Å²) in [5.74, 6) is 0.450. The molecule has 156 valence electrons. The van der Waals surface area contributed by atoms with Crippen LogP contribution in [0.4, 0.5) is 0 Å². The Morgan fingerprint density at radius 1 is 1.10 bits per heavy atom. The van der Waals surface area contributed by atoms with Crippen LogP contribution in [0, 0.1) is 13.8 Å². The molecule has 3 rings (SSSR count). The van der Waals surface area contributed by atoms with E-state index in [0.29, 0.717) is 50.6 Å². The molecule has 0 radical (unpaired) electrons. The maximum Gasteiger partial charge on any atom is 0.251 e. The standard InChI is InChI=1S/C21H26N2O5S/c1-16-7-8-18(29(25,26)23-10-13-27-14-11-23)15-19(16)21(24)22-9-12-28-20-6-4-3-5-17(20)2/h3-8,15H,9-14H2,1-2H3,(H,22,24). The summed E-state index contributed by atoms with van der Waals surface area (Å²) >= 11 is 0. The Morgan fingerprint density at radius 2 is 1.83 bits per heavy atom. The second-order valence-corrected chi connectivity index (χ2v) is 8.80. The lowest BCUT2D eigenvalue weighted by molar-refractivity contribution is 0.0730. The van der Waals surface area contributed by atoms with Crippen LogP contribution in [-0.2, 0) is 14.8 Å². The monoisotopic (exact) mass is 418 g/mol. The largest absolute Gasteiger partial charge is 0.491 e. The summed E-state index contributed by atoms with van der Waals surface area (Å²) in [5, 5.41) is 2.80. The van der Waals surface area contributed by atoms with Crippen LogP contribution in [-0.4, -0.2) is 58.1 Å². The first-order valence-electron chi connectivity index (χ1n) is 9.55. The van der Waals surface area contributed by atoms with Crippen LogP contribution in [0.25, 0.3) is 0 Å². The number of rotatable bonds is 7. The Hall–Kier alpha value is -2.42. The summed E-state index contributed by atoms with van der Waals surface area (Å²) in [4.78, 5) is 12.7. The highest BCUT2D eigenvalue weighted by molar-refractivity contribution is 7.89. The summed E-state index contributed by atoms with van der Waals surface area (Å²) in [6.07, 6.45) is 0. The van der Waals surface area contributed by atoms with Crippen LogP contribution in [0.2, 0.25) is 0 Å². The third kappa shape index (κ3) is 5.14. The van der Waals surface area contributed by atoms with Crippen molar-refractivity contribution in [2.75, 3.05) is 39.5 Å². The highest BCUT2D eigenvalue weighted by Crippen LogP contribution is 2.21. The van der Waals surface area contributed by atoms with Gasteiger partial charge in [-0.1, -0.05) is 24.3 Å². The third-order valence-electron chi connectivity index (χ3n) is 4.80. The summed E-state index contributed by atoms with van der Waals surface area (Å²) in [7, 11) is -3.65. The Bertz CT molecular complexity index is 969. The van der Waals surface area contributed by atoms with E-state index in [4.69, 9.17) is 9.47 Å². The van der Waals surface area contributed by atoms with Crippen LogP contribution >= 0.6 is 0 Å². The molecule has 29 heavy (non-hydrogen) atoms. The fourth-order valence-corrected chi connectivity index (χ4v) is 4.52. The van der Waals surface area contributed by atoms with Gasteiger partial charge < -0.3 is 14.8 Å². The zero-order chi connectivity index (χ0) is 20.9. The molecule has 1 aliphatic heterocycles. The number of carbonyl (C=O) groups is 1. The van der Waals surface area contributed by atoms with Crippen molar-refractivity contribution in [3.05, 3.63) is 59.2 Å². The Labute approximate surface area is 171 Å². The molecule has 0 saturated carbocycles. The van der Waals surface area contributed by atoms with Gasteiger partial charge in [0.1, 0.15) is 12.4 Å². The first-order valence-corrected chi connectivity index (χ1v) is 11.0. The van der Waals surface area contributed by atoms with E-state index in [1.165, 1.54) is 16.4 Å². The Kier molecular flexibility index (Phi) is 6.89. The fourth-order valence-electron chi connectivity index (χ4n) is 3.08. The number of aryl methyl sites for hydroxylation is 2. The number of hydrogen-bond acceptors (Lipinski definition) is 5. The molecule has 0 atom stereocenters. The molecule has 0 spiro atoms. The maximum atomic E-state index is 12.8. The topological polar surface area (TPSA) is 84.9 Å². The molecule has 7 nitrogen and oxygen atoms in total. The number of nitrogens with one attached hydrogen (secondary N) is 1. The van der Waals surface area contributed by atoms with Gasteiger partial charge >= 0.3 is 0 Å². The Morgan fingerprint density at radius 3 is 2.55 bits per heavy atom. The van der Waals surface area contributed by atoms with Crippen molar-refractivity contribution < 1.29 is 22.7 Å². The summed E-state index contributed by atoms with van der Waals surface area (Å²) < 4.78 is 38.0. The predicted molar refractivity (Wildman–Crippen MR) is 110 cm³/mol. The van der Waals surface area contributed by atoms with Gasteiger partial charge in [-0.2, -0.15) is 4.31 Å². The lowest BCUT2D eigenvalue weighted by Gasteiger charge is -2.26. The van der Waals surface area contributed by atoms with E-state index >= 15 is 0 Å². The first kappa shape index (κ1) is 21.3. The van der Waals surface area contributed by atoms with Gasteiger partial charge in [-0.05, 0) is 43.2 Å². The SMILES string of the molecule is Cc1ccccc1OCCNC(=O)c1cc(S(=O)(=O)N2CCOCC2)ccc1C. The molecule has 2 aromatic rings. The molecule has 1 N–H and O–H groups in total. The van der Waals surface area contributed by atoms with Gasteiger partial charge in [0.2, 0.25) is 10.0 Å². The first-order chi connectivity index (χ1) is 13.9. The van der Waals surface area contributed by atoms with E-state index in [-0.39, 0.29) is 10.8 Å². The molecule has 0 aliphatic carbocycles. The van der Waals surface area contributed by atoms with Crippen molar-refractivity contribution in [2.24, 2.45) is 0 Å². The number of hydrogen-bond donors (Lipinski definition) is 1. The minimum atomic E-state index is -3.65. The van der Waals surface area contributed by atoms with Crippen molar-refractivity contribution in [2.45, 2.75) is 18.7 Å². The van der Waals surface area contributed by atoms with E-state index in [2.05, 4.69) is 5.32 Å². The van der Waals surface area contributed by atoms with Gasteiger partial charge in [-0.15, -0.1) is 0 Å².